The summed E-state index contributed by atoms with van der Waals surface area (Å²) in [7, 11) is 0. The molecule has 0 aliphatic carbocycles. The zero-order valence-electron chi connectivity index (χ0n) is 20.4. The van der Waals surface area contributed by atoms with E-state index >= 15 is 0 Å². The van der Waals surface area contributed by atoms with E-state index < -0.39 is 0 Å². The van der Waals surface area contributed by atoms with E-state index in [0.717, 1.165) is 36.9 Å². The molecule has 0 radical (unpaired) electrons. The average Bonchev–Trinajstić information content (AvgIpc) is 3.16. The highest BCUT2D eigenvalue weighted by atomic mass is 32.1. The van der Waals surface area contributed by atoms with Crippen LogP contribution in [0.1, 0.15) is 43.9 Å². The summed E-state index contributed by atoms with van der Waals surface area (Å²) in [5.74, 6) is 0. The van der Waals surface area contributed by atoms with Crippen LogP contribution in [0.4, 0.5) is 5.69 Å². The molecule has 0 saturated heterocycles. The Morgan fingerprint density at radius 2 is 1.69 bits per heavy atom. The minimum Gasteiger partial charge on any atom is -0.347 e. The number of rotatable bonds is 10. The largest absolute Gasteiger partial charge is 0.347 e. The first-order valence-electron chi connectivity index (χ1n) is 12.0. The molecule has 0 saturated carbocycles. The van der Waals surface area contributed by atoms with E-state index in [2.05, 4.69) is 98.1 Å². The maximum absolute atomic E-state index is 5.97. The highest BCUT2D eigenvalue weighted by Crippen LogP contribution is 2.24. The molecule has 1 aromatic heterocycles. The van der Waals surface area contributed by atoms with Crippen molar-refractivity contribution in [2.24, 2.45) is 0 Å². The molecule has 2 N–H and O–H groups in total. The SMILES string of the molecule is CCn1cc(CN(CCC[NH+](CC)CC)C(=S)Nc2c(C)cccc2C)c2ccccc21. The molecular formula is C27H39N4S+. The first-order chi connectivity index (χ1) is 15.5. The number of quaternary nitrogens is 1. The van der Waals surface area contributed by atoms with Crippen LogP contribution in [-0.2, 0) is 13.1 Å². The number of nitrogens with one attached hydrogen (secondary N) is 2. The standard InChI is InChI=1S/C27H38N4S/c1-6-29(7-2)17-12-18-31(27(32)28-26-21(4)13-11-14-22(26)5)20-23-19-30(8-3)25-16-10-9-15-24(23)25/h9-11,13-16,19H,6-8,12,17-18,20H2,1-5H3,(H,28,32)/p+1. The van der Waals surface area contributed by atoms with Crippen molar-refractivity contribution in [2.45, 2.75) is 54.1 Å². The molecule has 0 aliphatic heterocycles. The fraction of sp³-hybridized carbons (Fsp3) is 0.444. The van der Waals surface area contributed by atoms with Gasteiger partial charge in [0, 0.05) is 48.8 Å². The van der Waals surface area contributed by atoms with Gasteiger partial charge >= 0.3 is 0 Å². The highest BCUT2D eigenvalue weighted by molar-refractivity contribution is 7.80. The van der Waals surface area contributed by atoms with Gasteiger partial charge in [-0.1, -0.05) is 36.4 Å². The number of anilines is 1. The van der Waals surface area contributed by atoms with Gasteiger partial charge in [-0.25, -0.2) is 0 Å². The molecule has 3 aromatic rings. The number of para-hydroxylation sites is 2. The third-order valence-electron chi connectivity index (χ3n) is 6.53. The molecule has 0 atom stereocenters. The molecule has 1 heterocycles. The first kappa shape index (κ1) is 24.3. The van der Waals surface area contributed by atoms with Crippen LogP contribution in [0.25, 0.3) is 10.9 Å². The third kappa shape index (κ3) is 5.70. The van der Waals surface area contributed by atoms with Gasteiger partial charge in [0.2, 0.25) is 0 Å². The van der Waals surface area contributed by atoms with Crippen LogP contribution in [0.2, 0.25) is 0 Å². The van der Waals surface area contributed by atoms with Gasteiger partial charge in [0.1, 0.15) is 0 Å². The van der Waals surface area contributed by atoms with Crippen LogP contribution >= 0.6 is 12.2 Å². The fourth-order valence-electron chi connectivity index (χ4n) is 4.49. The van der Waals surface area contributed by atoms with Gasteiger partial charge in [0.05, 0.1) is 19.6 Å². The van der Waals surface area contributed by atoms with E-state index in [4.69, 9.17) is 12.2 Å². The van der Waals surface area contributed by atoms with Crippen molar-refractivity contribution < 1.29 is 4.90 Å². The van der Waals surface area contributed by atoms with Crippen LogP contribution in [0.15, 0.2) is 48.7 Å². The van der Waals surface area contributed by atoms with Crippen LogP contribution in [-0.4, -0.2) is 40.8 Å². The minimum atomic E-state index is 0.810. The zero-order chi connectivity index (χ0) is 23.1. The summed E-state index contributed by atoms with van der Waals surface area (Å²) in [5.41, 5.74) is 6.22. The molecular weight excluding hydrogens is 412 g/mol. The summed E-state index contributed by atoms with van der Waals surface area (Å²) in [6, 6.07) is 15.1. The van der Waals surface area contributed by atoms with Crippen LogP contribution in [0.3, 0.4) is 0 Å². The summed E-state index contributed by atoms with van der Waals surface area (Å²) in [5, 5.41) is 5.71. The van der Waals surface area contributed by atoms with Crippen molar-refractivity contribution in [2.75, 3.05) is 31.5 Å². The molecule has 172 valence electrons. The number of aromatic nitrogens is 1. The predicted molar refractivity (Wildman–Crippen MR) is 142 cm³/mol. The molecule has 4 nitrogen and oxygen atoms in total. The average molecular weight is 452 g/mol. The summed E-state index contributed by atoms with van der Waals surface area (Å²) in [6.07, 6.45) is 3.42. The number of aryl methyl sites for hydroxylation is 3. The topological polar surface area (TPSA) is 24.6 Å². The summed E-state index contributed by atoms with van der Waals surface area (Å²) >= 11 is 5.97. The molecule has 0 fully saturated rings. The predicted octanol–water partition coefficient (Wildman–Crippen LogP) is 4.79. The number of nitrogens with zero attached hydrogens (tertiary/aromatic N) is 2. The Morgan fingerprint density at radius 3 is 2.34 bits per heavy atom. The molecule has 0 unspecified atom stereocenters. The molecule has 5 heteroatoms. The Kier molecular flexibility index (Phi) is 8.71. The van der Waals surface area contributed by atoms with Gasteiger partial charge < -0.3 is 19.7 Å². The van der Waals surface area contributed by atoms with E-state index in [-0.39, 0.29) is 0 Å². The van der Waals surface area contributed by atoms with Gasteiger partial charge in [0.25, 0.3) is 0 Å². The maximum Gasteiger partial charge on any atom is 0.173 e. The molecule has 0 amide bonds. The van der Waals surface area contributed by atoms with E-state index in [0.29, 0.717) is 0 Å². The maximum atomic E-state index is 5.97. The van der Waals surface area contributed by atoms with Gasteiger partial charge in [-0.05, 0) is 69.6 Å². The molecule has 0 bridgehead atoms. The first-order valence-corrected chi connectivity index (χ1v) is 12.4. The van der Waals surface area contributed by atoms with Crippen LogP contribution in [0.5, 0.6) is 0 Å². The summed E-state index contributed by atoms with van der Waals surface area (Å²) in [6.45, 7) is 17.3. The van der Waals surface area contributed by atoms with Gasteiger partial charge in [-0.3, -0.25) is 0 Å². The summed E-state index contributed by atoms with van der Waals surface area (Å²) < 4.78 is 2.34. The number of thiocarbonyl (C=S) groups is 1. The normalized spacial score (nSPS) is 11.3. The fourth-order valence-corrected chi connectivity index (χ4v) is 4.75. The lowest BCUT2D eigenvalue weighted by Crippen LogP contribution is -3.11. The Balaban J connectivity index is 1.84. The van der Waals surface area contributed by atoms with E-state index in [1.165, 1.54) is 47.2 Å². The second-order valence-corrected chi connectivity index (χ2v) is 9.02. The summed E-state index contributed by atoms with van der Waals surface area (Å²) in [4.78, 5) is 3.99. The Bertz CT molecular complexity index is 1020. The number of hydrogen-bond acceptors (Lipinski definition) is 1. The van der Waals surface area contributed by atoms with Gasteiger partial charge in [0.15, 0.2) is 5.11 Å². The Labute approximate surface area is 199 Å². The van der Waals surface area contributed by atoms with E-state index in [1.54, 1.807) is 4.90 Å². The van der Waals surface area contributed by atoms with Crippen molar-refractivity contribution in [1.29, 1.82) is 0 Å². The Hall–Kier alpha value is -2.37. The lowest BCUT2D eigenvalue weighted by Gasteiger charge is -2.27. The third-order valence-corrected chi connectivity index (χ3v) is 6.89. The minimum absolute atomic E-state index is 0.810. The van der Waals surface area contributed by atoms with Crippen LogP contribution in [0, 0.1) is 13.8 Å². The monoisotopic (exact) mass is 451 g/mol. The quantitative estimate of drug-likeness (QED) is 0.434. The van der Waals surface area contributed by atoms with E-state index in [9.17, 15) is 0 Å². The van der Waals surface area contributed by atoms with Crippen molar-refractivity contribution in [3.8, 4) is 0 Å². The van der Waals surface area contributed by atoms with Gasteiger partial charge in [-0.15, -0.1) is 0 Å². The number of benzene rings is 2. The second kappa shape index (κ2) is 11.5. The lowest BCUT2D eigenvalue weighted by atomic mass is 10.1. The smallest absolute Gasteiger partial charge is 0.173 e. The molecule has 32 heavy (non-hydrogen) atoms. The second-order valence-electron chi connectivity index (χ2n) is 8.64. The molecule has 2 aromatic carbocycles. The molecule has 3 rings (SSSR count). The van der Waals surface area contributed by atoms with Gasteiger partial charge in [-0.2, -0.15) is 0 Å². The van der Waals surface area contributed by atoms with Crippen molar-refractivity contribution in [3.05, 3.63) is 65.4 Å². The lowest BCUT2D eigenvalue weighted by molar-refractivity contribution is -0.896. The van der Waals surface area contributed by atoms with E-state index in [1.807, 2.05) is 0 Å². The number of fused-ring (bicyclic) bond motifs is 1. The Morgan fingerprint density at radius 1 is 1.00 bits per heavy atom. The molecule has 0 spiro atoms. The zero-order valence-corrected chi connectivity index (χ0v) is 21.2. The van der Waals surface area contributed by atoms with Crippen molar-refractivity contribution in [3.63, 3.8) is 0 Å². The van der Waals surface area contributed by atoms with Crippen molar-refractivity contribution in [1.82, 2.24) is 9.47 Å². The molecule has 0 aliphatic rings. The highest BCUT2D eigenvalue weighted by Gasteiger charge is 2.17. The number of hydrogen-bond donors (Lipinski definition) is 2. The van der Waals surface area contributed by atoms with Crippen molar-refractivity contribution >= 4 is 33.9 Å². The van der Waals surface area contributed by atoms with Crippen LogP contribution < -0.4 is 10.2 Å².